The highest BCUT2D eigenvalue weighted by molar-refractivity contribution is 7.10. The van der Waals surface area contributed by atoms with Crippen LogP contribution in [0.5, 0.6) is 0 Å². The van der Waals surface area contributed by atoms with Crippen LogP contribution in [0.1, 0.15) is 11.1 Å². The third-order valence-corrected chi connectivity index (χ3v) is 4.54. The molecule has 0 radical (unpaired) electrons. The van der Waals surface area contributed by atoms with Gasteiger partial charge in [-0.1, -0.05) is 17.7 Å². The van der Waals surface area contributed by atoms with E-state index in [0.717, 1.165) is 37.7 Å². The van der Waals surface area contributed by atoms with Gasteiger partial charge in [0.25, 0.3) is 0 Å². The van der Waals surface area contributed by atoms with Crippen molar-refractivity contribution in [2.45, 2.75) is 6.54 Å². The first kappa shape index (κ1) is 15.0. The molecule has 0 amide bonds. The average Bonchev–Trinajstić information content (AvgIpc) is 2.94. The fourth-order valence-electron chi connectivity index (χ4n) is 2.17. The molecule has 3 heterocycles. The molecule has 1 N–H and O–H groups in total. The molecule has 22 heavy (non-hydrogen) atoms. The molecule has 1 aliphatic heterocycles. The second kappa shape index (κ2) is 6.92. The third kappa shape index (κ3) is 3.30. The van der Waals surface area contributed by atoms with Gasteiger partial charge in [-0.25, -0.2) is 4.98 Å². The van der Waals surface area contributed by atoms with Crippen molar-refractivity contribution in [2.24, 2.45) is 0 Å². The predicted molar refractivity (Wildman–Crippen MR) is 86.4 cm³/mol. The van der Waals surface area contributed by atoms with Gasteiger partial charge in [0.2, 0.25) is 0 Å². The van der Waals surface area contributed by atoms with Crippen LogP contribution in [0.15, 0.2) is 18.3 Å². The number of nitrogens with one attached hydrogen (secondary N) is 1. The lowest BCUT2D eigenvalue weighted by atomic mass is 10.2. The Balaban J connectivity index is 1.62. The van der Waals surface area contributed by atoms with Crippen LogP contribution in [0, 0.1) is 11.3 Å². The van der Waals surface area contributed by atoms with E-state index in [1.54, 1.807) is 0 Å². The minimum atomic E-state index is 0.246. The number of hydrogen-bond acceptors (Lipinski definition) is 7. The first-order chi connectivity index (χ1) is 10.8. The molecule has 2 aromatic heterocycles. The van der Waals surface area contributed by atoms with Gasteiger partial charge in [-0.05, 0) is 23.2 Å². The molecule has 0 unspecified atom stereocenters. The molecule has 1 aliphatic rings. The van der Waals surface area contributed by atoms with Gasteiger partial charge in [0, 0.05) is 25.8 Å². The van der Waals surface area contributed by atoms with Crippen molar-refractivity contribution < 1.29 is 4.74 Å². The fourth-order valence-corrected chi connectivity index (χ4v) is 3.10. The minimum Gasteiger partial charge on any atom is -0.378 e. The smallest absolute Gasteiger partial charge is 0.162 e. The van der Waals surface area contributed by atoms with Gasteiger partial charge in [0.05, 0.1) is 13.2 Å². The first-order valence-electron chi connectivity index (χ1n) is 6.84. The van der Waals surface area contributed by atoms with Gasteiger partial charge in [-0.3, -0.25) is 0 Å². The summed E-state index contributed by atoms with van der Waals surface area (Å²) in [6.45, 7) is 3.80. The normalized spacial score (nSPS) is 14.6. The summed E-state index contributed by atoms with van der Waals surface area (Å²) in [6.07, 6.45) is 1.84. The Morgan fingerprint density at radius 2 is 2.23 bits per heavy atom. The van der Waals surface area contributed by atoms with Crippen molar-refractivity contribution in [1.29, 1.82) is 5.26 Å². The molecule has 3 rings (SSSR count). The number of anilines is 2. The highest BCUT2D eigenvalue weighted by Gasteiger charge is 2.13. The van der Waals surface area contributed by atoms with Gasteiger partial charge >= 0.3 is 0 Å². The number of pyridine rings is 1. The van der Waals surface area contributed by atoms with E-state index < -0.39 is 0 Å². The average molecular weight is 336 g/mol. The molecule has 2 aromatic rings. The second-order valence-corrected chi connectivity index (χ2v) is 5.90. The zero-order valence-corrected chi connectivity index (χ0v) is 13.3. The molecule has 0 aliphatic carbocycles. The molecule has 8 heteroatoms. The molecule has 6 nitrogen and oxygen atoms in total. The number of morpholine rings is 1. The largest absolute Gasteiger partial charge is 0.378 e. The Morgan fingerprint density at radius 1 is 1.41 bits per heavy atom. The molecule has 1 saturated heterocycles. The van der Waals surface area contributed by atoms with Crippen LogP contribution in [0.2, 0.25) is 5.15 Å². The van der Waals surface area contributed by atoms with Gasteiger partial charge in [-0.15, -0.1) is 0 Å². The number of nitriles is 1. The van der Waals surface area contributed by atoms with Crippen molar-refractivity contribution in [3.63, 3.8) is 0 Å². The summed E-state index contributed by atoms with van der Waals surface area (Å²) in [4.78, 5) is 6.70. The van der Waals surface area contributed by atoms with Crippen LogP contribution in [-0.2, 0) is 11.3 Å². The van der Waals surface area contributed by atoms with Gasteiger partial charge in [-0.2, -0.15) is 9.64 Å². The molecule has 1 fully saturated rings. The van der Waals surface area contributed by atoms with E-state index >= 15 is 0 Å². The fraction of sp³-hybridized carbons (Fsp3) is 0.357. The summed E-state index contributed by atoms with van der Waals surface area (Å²) in [7, 11) is 0. The van der Waals surface area contributed by atoms with Crippen molar-refractivity contribution in [1.82, 2.24) is 9.36 Å². The van der Waals surface area contributed by atoms with Gasteiger partial charge < -0.3 is 15.0 Å². The lowest BCUT2D eigenvalue weighted by Gasteiger charge is -2.27. The summed E-state index contributed by atoms with van der Waals surface area (Å²) in [5, 5.41) is 13.1. The number of ether oxygens (including phenoxy) is 1. The number of hydrogen-bond donors (Lipinski definition) is 1. The van der Waals surface area contributed by atoms with Crippen molar-refractivity contribution in [3.05, 3.63) is 34.6 Å². The summed E-state index contributed by atoms with van der Waals surface area (Å²) < 4.78 is 9.30. The standard InChI is InChI=1S/C14H14ClN5OS/c15-13-11(7-16)14(22-19-13)18-9-10-1-2-12(17-8-10)20-3-5-21-6-4-20/h1-2,8,18H,3-6,9H2. The topological polar surface area (TPSA) is 74.1 Å². The number of halogens is 1. The zero-order valence-electron chi connectivity index (χ0n) is 11.8. The second-order valence-electron chi connectivity index (χ2n) is 4.77. The maximum atomic E-state index is 9.03. The van der Waals surface area contributed by atoms with E-state index in [0.29, 0.717) is 17.1 Å². The van der Waals surface area contributed by atoms with Crippen LogP contribution in [-0.4, -0.2) is 35.7 Å². The summed E-state index contributed by atoms with van der Waals surface area (Å²) in [5.74, 6) is 0.964. The number of nitrogens with zero attached hydrogens (tertiary/aromatic N) is 4. The predicted octanol–water partition coefficient (Wildman–Crippen LogP) is 2.51. The van der Waals surface area contributed by atoms with Gasteiger partial charge in [0.1, 0.15) is 22.5 Å². The number of rotatable bonds is 4. The lowest BCUT2D eigenvalue weighted by molar-refractivity contribution is 0.122. The van der Waals surface area contributed by atoms with Crippen molar-refractivity contribution in [2.75, 3.05) is 36.5 Å². The van der Waals surface area contributed by atoms with Crippen LogP contribution in [0.3, 0.4) is 0 Å². The summed E-state index contributed by atoms with van der Waals surface area (Å²) in [5.41, 5.74) is 1.43. The Hall–Kier alpha value is -1.88. The summed E-state index contributed by atoms with van der Waals surface area (Å²) >= 11 is 7.03. The monoisotopic (exact) mass is 335 g/mol. The third-order valence-electron chi connectivity index (χ3n) is 3.36. The molecular weight excluding hydrogens is 322 g/mol. The highest BCUT2D eigenvalue weighted by Crippen LogP contribution is 2.27. The molecule has 0 spiro atoms. The Labute approximate surface area is 137 Å². The lowest BCUT2D eigenvalue weighted by Crippen LogP contribution is -2.36. The van der Waals surface area contributed by atoms with E-state index in [-0.39, 0.29) is 5.15 Å². The van der Waals surface area contributed by atoms with Crippen molar-refractivity contribution in [3.8, 4) is 6.07 Å². The Morgan fingerprint density at radius 3 is 2.91 bits per heavy atom. The minimum absolute atomic E-state index is 0.246. The van der Waals surface area contributed by atoms with Crippen molar-refractivity contribution >= 4 is 34.0 Å². The maximum absolute atomic E-state index is 9.03. The maximum Gasteiger partial charge on any atom is 0.162 e. The quantitative estimate of drug-likeness (QED) is 0.925. The van der Waals surface area contributed by atoms with Gasteiger partial charge in [0.15, 0.2) is 5.15 Å². The summed E-state index contributed by atoms with van der Waals surface area (Å²) in [6, 6.07) is 6.09. The van der Waals surface area contributed by atoms with Crippen LogP contribution in [0.4, 0.5) is 10.8 Å². The molecular formula is C14H14ClN5OS. The van der Waals surface area contributed by atoms with Crippen LogP contribution in [0.25, 0.3) is 0 Å². The van der Waals surface area contributed by atoms with Crippen LogP contribution < -0.4 is 10.2 Å². The molecule has 0 aromatic carbocycles. The highest BCUT2D eigenvalue weighted by atomic mass is 35.5. The van der Waals surface area contributed by atoms with E-state index in [2.05, 4.69) is 25.6 Å². The van der Waals surface area contributed by atoms with E-state index in [4.69, 9.17) is 21.6 Å². The zero-order chi connectivity index (χ0) is 15.4. The van der Waals surface area contributed by atoms with E-state index in [1.165, 1.54) is 11.5 Å². The Kier molecular flexibility index (Phi) is 4.73. The molecule has 114 valence electrons. The van der Waals surface area contributed by atoms with E-state index in [1.807, 2.05) is 18.3 Å². The Bertz CT molecular complexity index is 676. The molecule has 0 bridgehead atoms. The molecule has 0 saturated carbocycles. The van der Waals surface area contributed by atoms with Crippen LogP contribution >= 0.6 is 23.1 Å². The van der Waals surface area contributed by atoms with E-state index in [9.17, 15) is 0 Å². The first-order valence-corrected chi connectivity index (χ1v) is 8.00. The number of aromatic nitrogens is 2. The SMILES string of the molecule is N#Cc1c(Cl)nsc1NCc1ccc(N2CCOCC2)nc1. The molecule has 0 atom stereocenters.